The van der Waals surface area contributed by atoms with E-state index in [1.807, 2.05) is 11.8 Å². The largest absolute Gasteiger partial charge is 0.479 e. The monoisotopic (exact) mass is 276 g/mol. The first-order chi connectivity index (χ1) is 9.67. The molecule has 1 atom stereocenters. The normalized spacial score (nSPS) is 22.6. The number of aliphatic carboxylic acids is 1. The number of carboxylic acids is 1. The van der Waals surface area contributed by atoms with E-state index in [-0.39, 0.29) is 0 Å². The van der Waals surface area contributed by atoms with Gasteiger partial charge in [0.05, 0.1) is 0 Å². The summed E-state index contributed by atoms with van der Waals surface area (Å²) in [5, 5.41) is 25.1. The molecule has 8 nitrogen and oxygen atoms in total. The SMILES string of the molecule is CCCC1(C(=O)O)CCCN1c1ccc2nnnn2n1. The highest BCUT2D eigenvalue weighted by Crippen LogP contribution is 2.36. The summed E-state index contributed by atoms with van der Waals surface area (Å²) >= 11 is 0. The lowest BCUT2D eigenvalue weighted by Gasteiger charge is -2.35. The van der Waals surface area contributed by atoms with Gasteiger partial charge in [0.15, 0.2) is 11.5 Å². The smallest absolute Gasteiger partial charge is 0.329 e. The van der Waals surface area contributed by atoms with Gasteiger partial charge < -0.3 is 10.0 Å². The van der Waals surface area contributed by atoms with Crippen LogP contribution in [0.15, 0.2) is 12.1 Å². The molecule has 1 fully saturated rings. The zero-order valence-corrected chi connectivity index (χ0v) is 11.2. The molecule has 3 rings (SSSR count). The minimum atomic E-state index is -0.858. The second-order valence-electron chi connectivity index (χ2n) is 5.06. The summed E-state index contributed by atoms with van der Waals surface area (Å²) in [6.45, 7) is 2.69. The molecule has 1 N–H and O–H groups in total. The van der Waals surface area contributed by atoms with Gasteiger partial charge >= 0.3 is 5.97 Å². The number of anilines is 1. The van der Waals surface area contributed by atoms with E-state index in [1.54, 1.807) is 12.1 Å². The van der Waals surface area contributed by atoms with E-state index in [4.69, 9.17) is 0 Å². The molecular formula is C12H16N6O2. The molecule has 0 bridgehead atoms. The fraction of sp³-hybridized carbons (Fsp3) is 0.583. The summed E-state index contributed by atoms with van der Waals surface area (Å²) in [6, 6.07) is 3.53. The first kappa shape index (κ1) is 12.8. The molecule has 3 heterocycles. The van der Waals surface area contributed by atoms with Gasteiger partial charge in [0.25, 0.3) is 0 Å². The molecule has 0 aromatic carbocycles. The minimum absolute atomic E-state index is 0.546. The molecule has 2 aromatic rings. The fourth-order valence-electron chi connectivity index (χ4n) is 3.00. The maximum Gasteiger partial charge on any atom is 0.329 e. The number of fused-ring (bicyclic) bond motifs is 1. The van der Waals surface area contributed by atoms with Crippen molar-refractivity contribution in [2.75, 3.05) is 11.4 Å². The maximum absolute atomic E-state index is 11.8. The average Bonchev–Trinajstić information content (AvgIpc) is 3.04. The number of carbonyl (C=O) groups is 1. The van der Waals surface area contributed by atoms with Gasteiger partial charge in [-0.2, -0.15) is 0 Å². The standard InChI is InChI=1S/C12H16N6O2/c1-2-6-12(11(19)20)7-3-8-17(12)10-5-4-9-13-15-16-18(9)14-10/h4-5H,2-3,6-8H2,1H3,(H,19,20). The van der Waals surface area contributed by atoms with Crippen molar-refractivity contribution in [1.29, 1.82) is 0 Å². The Morgan fingerprint density at radius 1 is 1.50 bits per heavy atom. The van der Waals surface area contributed by atoms with E-state index >= 15 is 0 Å². The molecular weight excluding hydrogens is 260 g/mol. The molecule has 1 saturated heterocycles. The summed E-state index contributed by atoms with van der Waals surface area (Å²) in [6.07, 6.45) is 2.92. The van der Waals surface area contributed by atoms with Crippen molar-refractivity contribution in [3.63, 3.8) is 0 Å². The Morgan fingerprint density at radius 3 is 3.10 bits per heavy atom. The van der Waals surface area contributed by atoms with E-state index in [2.05, 4.69) is 20.6 Å². The van der Waals surface area contributed by atoms with Crippen molar-refractivity contribution >= 4 is 17.4 Å². The van der Waals surface area contributed by atoms with E-state index < -0.39 is 11.5 Å². The highest BCUT2D eigenvalue weighted by molar-refractivity contribution is 5.84. The highest BCUT2D eigenvalue weighted by atomic mass is 16.4. The molecule has 20 heavy (non-hydrogen) atoms. The molecule has 1 aliphatic heterocycles. The third-order valence-electron chi connectivity index (χ3n) is 3.88. The lowest BCUT2D eigenvalue weighted by Crippen LogP contribution is -2.51. The number of rotatable bonds is 4. The van der Waals surface area contributed by atoms with Crippen molar-refractivity contribution in [3.8, 4) is 0 Å². The lowest BCUT2D eigenvalue weighted by molar-refractivity contribution is -0.143. The maximum atomic E-state index is 11.8. The third-order valence-corrected chi connectivity index (χ3v) is 3.88. The van der Waals surface area contributed by atoms with Crippen LogP contribution < -0.4 is 4.90 Å². The molecule has 106 valence electrons. The minimum Gasteiger partial charge on any atom is -0.479 e. The Bertz CT molecular complexity index is 642. The molecule has 0 spiro atoms. The van der Waals surface area contributed by atoms with Crippen LogP contribution in [0.2, 0.25) is 0 Å². The van der Waals surface area contributed by atoms with E-state index in [1.165, 1.54) is 4.63 Å². The summed E-state index contributed by atoms with van der Waals surface area (Å²) in [5.41, 5.74) is -0.312. The number of carboxylic acid groups (broad SMARTS) is 1. The topological polar surface area (TPSA) is 96.5 Å². The molecule has 1 unspecified atom stereocenters. The van der Waals surface area contributed by atoms with Crippen molar-refractivity contribution in [1.82, 2.24) is 25.3 Å². The zero-order valence-electron chi connectivity index (χ0n) is 11.2. The molecule has 0 saturated carbocycles. The molecule has 2 aromatic heterocycles. The Labute approximate surface area is 115 Å². The molecule has 0 aliphatic carbocycles. The Hall–Kier alpha value is -2.25. The van der Waals surface area contributed by atoms with Gasteiger partial charge in [0, 0.05) is 6.54 Å². The van der Waals surface area contributed by atoms with E-state index in [9.17, 15) is 9.90 Å². The Morgan fingerprint density at radius 2 is 2.35 bits per heavy atom. The van der Waals surface area contributed by atoms with Crippen LogP contribution >= 0.6 is 0 Å². The second kappa shape index (κ2) is 4.69. The Balaban J connectivity index is 2.03. The number of hydrogen-bond donors (Lipinski definition) is 1. The molecule has 0 radical (unpaired) electrons. The molecule has 1 aliphatic rings. The number of nitrogens with zero attached hydrogens (tertiary/aromatic N) is 6. The van der Waals surface area contributed by atoms with Crippen molar-refractivity contribution in [3.05, 3.63) is 12.1 Å². The molecule has 8 heteroatoms. The second-order valence-corrected chi connectivity index (χ2v) is 5.06. The van der Waals surface area contributed by atoms with Crippen molar-refractivity contribution < 1.29 is 9.90 Å². The number of aromatic nitrogens is 5. The summed E-state index contributed by atoms with van der Waals surface area (Å²) < 4.78 is 1.33. The zero-order chi connectivity index (χ0) is 14.2. The van der Waals surface area contributed by atoms with Crippen LogP contribution in [0.4, 0.5) is 5.82 Å². The quantitative estimate of drug-likeness (QED) is 0.879. The summed E-state index contributed by atoms with van der Waals surface area (Å²) in [5.74, 6) is -0.173. The van der Waals surface area contributed by atoms with Crippen molar-refractivity contribution in [2.24, 2.45) is 0 Å². The van der Waals surface area contributed by atoms with Gasteiger partial charge in [-0.1, -0.05) is 13.3 Å². The fourth-order valence-corrected chi connectivity index (χ4v) is 3.00. The van der Waals surface area contributed by atoms with Gasteiger partial charge in [0.2, 0.25) is 0 Å². The first-order valence-corrected chi connectivity index (χ1v) is 6.74. The van der Waals surface area contributed by atoms with Crippen molar-refractivity contribution in [2.45, 2.75) is 38.1 Å². The molecule has 0 amide bonds. The van der Waals surface area contributed by atoms with Gasteiger partial charge in [0.1, 0.15) is 5.54 Å². The first-order valence-electron chi connectivity index (χ1n) is 6.74. The van der Waals surface area contributed by atoms with E-state index in [0.29, 0.717) is 30.9 Å². The lowest BCUT2D eigenvalue weighted by atomic mass is 9.90. The van der Waals surface area contributed by atoms with Crippen LogP contribution in [0.5, 0.6) is 0 Å². The highest BCUT2D eigenvalue weighted by Gasteiger charge is 2.47. The van der Waals surface area contributed by atoms with Gasteiger partial charge in [-0.05, 0) is 41.8 Å². The van der Waals surface area contributed by atoms with Crippen LogP contribution in [0.3, 0.4) is 0 Å². The summed E-state index contributed by atoms with van der Waals surface area (Å²) in [4.78, 5) is 13.7. The summed E-state index contributed by atoms with van der Waals surface area (Å²) in [7, 11) is 0. The van der Waals surface area contributed by atoms with Gasteiger partial charge in [-0.15, -0.1) is 14.8 Å². The predicted molar refractivity (Wildman–Crippen MR) is 70.4 cm³/mol. The average molecular weight is 276 g/mol. The van der Waals surface area contributed by atoms with Crippen LogP contribution in [0.25, 0.3) is 5.65 Å². The third kappa shape index (κ3) is 1.79. The Kier molecular flexibility index (Phi) is 3.00. The number of tetrazole rings is 1. The van der Waals surface area contributed by atoms with E-state index in [0.717, 1.165) is 12.8 Å². The predicted octanol–water partition coefficient (Wildman–Crippen LogP) is 0.743. The van der Waals surface area contributed by atoms with Gasteiger partial charge in [-0.25, -0.2) is 4.79 Å². The van der Waals surface area contributed by atoms with Crippen LogP contribution in [-0.2, 0) is 4.79 Å². The van der Waals surface area contributed by atoms with Crippen LogP contribution in [0.1, 0.15) is 32.6 Å². The van der Waals surface area contributed by atoms with Crippen LogP contribution in [0, 0.1) is 0 Å². The van der Waals surface area contributed by atoms with Gasteiger partial charge in [-0.3, -0.25) is 0 Å². The van der Waals surface area contributed by atoms with Crippen LogP contribution in [-0.4, -0.2) is 48.4 Å². The number of hydrogen-bond acceptors (Lipinski definition) is 6.